The van der Waals surface area contributed by atoms with Gasteiger partial charge >= 0.3 is 0 Å². The lowest BCUT2D eigenvalue weighted by Gasteiger charge is -2.13. The summed E-state index contributed by atoms with van der Waals surface area (Å²) in [7, 11) is 0. The van der Waals surface area contributed by atoms with Gasteiger partial charge in [-0.15, -0.1) is 0 Å². The third-order valence-corrected chi connectivity index (χ3v) is 3.88. The normalized spacial score (nSPS) is 18.4. The van der Waals surface area contributed by atoms with Crippen LogP contribution in [0.15, 0.2) is 16.8 Å². The smallest absolute Gasteiger partial charge is 0.240 e. The second kappa shape index (κ2) is 6.91. The Bertz CT molecular complexity index is 664. The standard InChI is InChI=1S/C15H22N6O2/c1-3-4-14-17-15(23-19-14)10-20-7-5-12(9-20)21-8-6-13(18-21)16-11(2)22/h6,8,12H,3-5,7,9-10H2,1-2H3,(H,16,18,22). The highest BCUT2D eigenvalue weighted by Gasteiger charge is 2.26. The predicted molar refractivity (Wildman–Crippen MR) is 83.8 cm³/mol. The first-order chi connectivity index (χ1) is 11.1. The molecule has 0 saturated carbocycles. The summed E-state index contributed by atoms with van der Waals surface area (Å²) in [6.07, 6.45) is 4.79. The van der Waals surface area contributed by atoms with Crippen molar-refractivity contribution in [3.8, 4) is 0 Å². The zero-order valence-corrected chi connectivity index (χ0v) is 13.5. The van der Waals surface area contributed by atoms with Crippen molar-refractivity contribution in [2.45, 2.75) is 45.7 Å². The van der Waals surface area contributed by atoms with Crippen LogP contribution in [-0.2, 0) is 17.8 Å². The molecular formula is C15H22N6O2. The van der Waals surface area contributed by atoms with Crippen molar-refractivity contribution in [2.24, 2.45) is 0 Å². The molecule has 8 nitrogen and oxygen atoms in total. The van der Waals surface area contributed by atoms with E-state index in [0.717, 1.165) is 38.2 Å². The maximum Gasteiger partial charge on any atom is 0.240 e. The molecule has 1 aliphatic rings. The Morgan fingerprint density at radius 1 is 1.52 bits per heavy atom. The van der Waals surface area contributed by atoms with Crippen LogP contribution in [0, 0.1) is 0 Å². The maximum absolute atomic E-state index is 11.1. The molecule has 1 aliphatic heterocycles. The molecule has 23 heavy (non-hydrogen) atoms. The molecule has 0 aromatic carbocycles. The topological polar surface area (TPSA) is 89.1 Å². The van der Waals surface area contributed by atoms with Gasteiger partial charge in [0, 0.05) is 38.7 Å². The number of amides is 1. The van der Waals surface area contributed by atoms with Crippen molar-refractivity contribution in [1.29, 1.82) is 0 Å². The maximum atomic E-state index is 11.1. The largest absolute Gasteiger partial charge is 0.338 e. The van der Waals surface area contributed by atoms with E-state index in [2.05, 4.69) is 32.4 Å². The number of rotatable bonds is 6. The number of aryl methyl sites for hydroxylation is 1. The van der Waals surface area contributed by atoms with Gasteiger partial charge < -0.3 is 9.84 Å². The molecule has 2 aromatic heterocycles. The van der Waals surface area contributed by atoms with Crippen molar-refractivity contribution in [3.63, 3.8) is 0 Å². The summed E-state index contributed by atoms with van der Waals surface area (Å²) in [5.74, 6) is 1.94. The van der Waals surface area contributed by atoms with Gasteiger partial charge in [-0.3, -0.25) is 14.4 Å². The van der Waals surface area contributed by atoms with E-state index in [-0.39, 0.29) is 5.91 Å². The molecule has 8 heteroatoms. The Hall–Kier alpha value is -2.22. The van der Waals surface area contributed by atoms with Crippen LogP contribution in [0.3, 0.4) is 0 Å². The fourth-order valence-corrected chi connectivity index (χ4v) is 2.83. The fourth-order valence-electron chi connectivity index (χ4n) is 2.83. The zero-order chi connectivity index (χ0) is 16.2. The van der Waals surface area contributed by atoms with Crippen LogP contribution in [0.2, 0.25) is 0 Å². The first kappa shape index (κ1) is 15.7. The number of likely N-dealkylation sites (tertiary alicyclic amines) is 1. The van der Waals surface area contributed by atoms with E-state index in [1.807, 2.05) is 16.9 Å². The highest BCUT2D eigenvalue weighted by Crippen LogP contribution is 2.23. The summed E-state index contributed by atoms with van der Waals surface area (Å²) >= 11 is 0. The molecule has 1 fully saturated rings. The third kappa shape index (κ3) is 3.95. The number of nitrogens with zero attached hydrogens (tertiary/aromatic N) is 5. The molecule has 3 rings (SSSR count). The van der Waals surface area contributed by atoms with Crippen LogP contribution < -0.4 is 5.32 Å². The van der Waals surface area contributed by atoms with E-state index in [9.17, 15) is 4.79 Å². The van der Waals surface area contributed by atoms with Gasteiger partial charge in [0.15, 0.2) is 11.6 Å². The summed E-state index contributed by atoms with van der Waals surface area (Å²) in [5.41, 5.74) is 0. The van der Waals surface area contributed by atoms with E-state index in [1.54, 1.807) is 0 Å². The van der Waals surface area contributed by atoms with E-state index in [4.69, 9.17) is 4.52 Å². The predicted octanol–water partition coefficient (Wildman–Crippen LogP) is 1.62. The van der Waals surface area contributed by atoms with E-state index in [1.165, 1.54) is 6.92 Å². The van der Waals surface area contributed by atoms with Gasteiger partial charge in [-0.2, -0.15) is 10.1 Å². The second-order valence-corrected chi connectivity index (χ2v) is 5.89. The number of hydrogen-bond acceptors (Lipinski definition) is 6. The lowest BCUT2D eigenvalue weighted by molar-refractivity contribution is -0.114. The fraction of sp³-hybridized carbons (Fsp3) is 0.600. The van der Waals surface area contributed by atoms with Gasteiger partial charge in [-0.1, -0.05) is 12.1 Å². The van der Waals surface area contributed by atoms with Gasteiger partial charge in [0.25, 0.3) is 0 Å². The third-order valence-electron chi connectivity index (χ3n) is 3.88. The van der Waals surface area contributed by atoms with Crippen LogP contribution >= 0.6 is 0 Å². The molecule has 0 spiro atoms. The molecule has 0 bridgehead atoms. The molecule has 0 radical (unpaired) electrons. The van der Waals surface area contributed by atoms with Gasteiger partial charge in [0.05, 0.1) is 12.6 Å². The van der Waals surface area contributed by atoms with E-state index < -0.39 is 0 Å². The Kier molecular flexibility index (Phi) is 4.71. The molecule has 1 N–H and O–H groups in total. The molecule has 0 aliphatic carbocycles. The average Bonchev–Trinajstić information content (AvgIpc) is 3.20. The van der Waals surface area contributed by atoms with Gasteiger partial charge in [-0.05, 0) is 12.8 Å². The van der Waals surface area contributed by atoms with Crippen molar-refractivity contribution in [1.82, 2.24) is 24.8 Å². The van der Waals surface area contributed by atoms with Crippen molar-refractivity contribution >= 4 is 11.7 Å². The van der Waals surface area contributed by atoms with E-state index in [0.29, 0.717) is 24.3 Å². The van der Waals surface area contributed by atoms with Crippen molar-refractivity contribution in [3.05, 3.63) is 24.0 Å². The minimum atomic E-state index is -0.109. The Morgan fingerprint density at radius 2 is 2.39 bits per heavy atom. The molecule has 1 amide bonds. The highest BCUT2D eigenvalue weighted by atomic mass is 16.5. The number of carbonyl (C=O) groups excluding carboxylic acids is 1. The number of anilines is 1. The number of aromatic nitrogens is 4. The molecule has 1 atom stereocenters. The molecular weight excluding hydrogens is 296 g/mol. The van der Waals surface area contributed by atoms with Crippen LogP contribution in [0.4, 0.5) is 5.82 Å². The Morgan fingerprint density at radius 3 is 3.17 bits per heavy atom. The molecule has 1 saturated heterocycles. The first-order valence-corrected chi connectivity index (χ1v) is 8.00. The number of nitrogens with one attached hydrogen (secondary N) is 1. The van der Waals surface area contributed by atoms with Crippen molar-refractivity contribution < 1.29 is 9.32 Å². The average molecular weight is 318 g/mol. The number of carbonyl (C=O) groups is 1. The minimum Gasteiger partial charge on any atom is -0.338 e. The van der Waals surface area contributed by atoms with Gasteiger partial charge in [0.2, 0.25) is 11.8 Å². The molecule has 3 heterocycles. The Balaban J connectivity index is 1.55. The van der Waals surface area contributed by atoms with Crippen LogP contribution in [0.5, 0.6) is 0 Å². The lowest BCUT2D eigenvalue weighted by atomic mass is 10.3. The summed E-state index contributed by atoms with van der Waals surface area (Å²) in [6.45, 7) is 6.10. The molecule has 2 aromatic rings. The summed E-state index contributed by atoms with van der Waals surface area (Å²) in [4.78, 5) is 17.7. The second-order valence-electron chi connectivity index (χ2n) is 5.89. The van der Waals surface area contributed by atoms with Gasteiger partial charge in [-0.25, -0.2) is 0 Å². The van der Waals surface area contributed by atoms with Crippen molar-refractivity contribution in [2.75, 3.05) is 18.4 Å². The van der Waals surface area contributed by atoms with Crippen LogP contribution in [0.25, 0.3) is 0 Å². The summed E-state index contributed by atoms with van der Waals surface area (Å²) in [6, 6.07) is 2.12. The van der Waals surface area contributed by atoms with Crippen LogP contribution in [-0.4, -0.2) is 43.8 Å². The van der Waals surface area contributed by atoms with Crippen LogP contribution in [0.1, 0.15) is 44.4 Å². The minimum absolute atomic E-state index is 0.109. The molecule has 1 unspecified atom stereocenters. The quantitative estimate of drug-likeness (QED) is 0.870. The summed E-state index contributed by atoms with van der Waals surface area (Å²) < 4.78 is 7.21. The molecule has 124 valence electrons. The Labute approximate surface area is 134 Å². The first-order valence-electron chi connectivity index (χ1n) is 8.00. The number of hydrogen-bond donors (Lipinski definition) is 1. The SMILES string of the molecule is CCCc1noc(CN2CCC(n3ccc(NC(C)=O)n3)C2)n1. The van der Waals surface area contributed by atoms with E-state index >= 15 is 0 Å². The van der Waals surface area contributed by atoms with Gasteiger partial charge in [0.1, 0.15) is 0 Å². The lowest BCUT2D eigenvalue weighted by Crippen LogP contribution is -2.21. The monoisotopic (exact) mass is 318 g/mol. The highest BCUT2D eigenvalue weighted by molar-refractivity contribution is 5.87. The zero-order valence-electron chi connectivity index (χ0n) is 13.5. The summed E-state index contributed by atoms with van der Waals surface area (Å²) in [5, 5.41) is 11.1.